The fourth-order valence-corrected chi connectivity index (χ4v) is 1.62. The third kappa shape index (κ3) is 6.47. The zero-order valence-electron chi connectivity index (χ0n) is 13.3. The lowest BCUT2D eigenvalue weighted by Crippen LogP contribution is -2.37. The van der Waals surface area contributed by atoms with Gasteiger partial charge in [-0.05, 0) is 44.5 Å². The van der Waals surface area contributed by atoms with Crippen LogP contribution in [0.3, 0.4) is 0 Å². The van der Waals surface area contributed by atoms with Crippen LogP contribution in [0.2, 0.25) is 0 Å². The summed E-state index contributed by atoms with van der Waals surface area (Å²) in [5, 5.41) is 2.66. The van der Waals surface area contributed by atoms with E-state index in [1.54, 1.807) is 24.3 Å². The Kier molecular flexibility index (Phi) is 7.81. The largest absolute Gasteiger partial charge is 0.494 e. The van der Waals surface area contributed by atoms with Crippen LogP contribution in [-0.2, 0) is 14.3 Å². The first-order chi connectivity index (χ1) is 10.6. The van der Waals surface area contributed by atoms with E-state index in [-0.39, 0.29) is 12.5 Å². The molecule has 0 aromatic heterocycles. The molecule has 0 radical (unpaired) electrons. The Labute approximate surface area is 130 Å². The van der Waals surface area contributed by atoms with E-state index in [0.29, 0.717) is 18.9 Å². The van der Waals surface area contributed by atoms with Crippen molar-refractivity contribution in [1.29, 1.82) is 0 Å². The van der Waals surface area contributed by atoms with Crippen LogP contribution >= 0.6 is 0 Å². The number of carbonyl (C=O) groups excluding carboxylic acids is 2. The molecule has 0 saturated heterocycles. The average molecular weight is 309 g/mol. The molecule has 0 saturated carbocycles. The highest BCUT2D eigenvalue weighted by atomic mass is 16.6. The second kappa shape index (κ2) is 9.65. The van der Waals surface area contributed by atoms with Gasteiger partial charge in [-0.3, -0.25) is 4.79 Å². The standard InChI is InChI=1S/C16H23NO5/c1-4-10-17-16(19)12(3)22-15(18)11-21-14-8-6-13(7-9-14)20-5-2/h6-9,12H,4-5,10-11H2,1-3H3,(H,17,19)/t12-/m0/s1. The van der Waals surface area contributed by atoms with Gasteiger partial charge in [-0.1, -0.05) is 6.92 Å². The Morgan fingerprint density at radius 2 is 1.68 bits per heavy atom. The molecule has 0 aliphatic heterocycles. The Morgan fingerprint density at radius 1 is 1.09 bits per heavy atom. The van der Waals surface area contributed by atoms with Gasteiger partial charge in [-0.15, -0.1) is 0 Å². The van der Waals surface area contributed by atoms with Gasteiger partial charge in [0.2, 0.25) is 0 Å². The zero-order valence-corrected chi connectivity index (χ0v) is 13.3. The fourth-order valence-electron chi connectivity index (χ4n) is 1.62. The quantitative estimate of drug-likeness (QED) is 0.706. The average Bonchev–Trinajstić information content (AvgIpc) is 2.52. The number of benzene rings is 1. The Balaban J connectivity index is 2.34. The van der Waals surface area contributed by atoms with Crippen LogP contribution in [-0.4, -0.2) is 37.7 Å². The summed E-state index contributed by atoms with van der Waals surface area (Å²) in [6.07, 6.45) is -0.00393. The summed E-state index contributed by atoms with van der Waals surface area (Å²) in [5.74, 6) is 0.367. The molecule has 0 unspecified atom stereocenters. The number of nitrogens with one attached hydrogen (secondary N) is 1. The van der Waals surface area contributed by atoms with Gasteiger partial charge in [0, 0.05) is 6.54 Å². The molecule has 6 nitrogen and oxygen atoms in total. The lowest BCUT2D eigenvalue weighted by molar-refractivity contribution is -0.156. The van der Waals surface area contributed by atoms with Gasteiger partial charge in [-0.2, -0.15) is 0 Å². The zero-order chi connectivity index (χ0) is 16.4. The van der Waals surface area contributed by atoms with Gasteiger partial charge in [0.05, 0.1) is 6.61 Å². The maximum Gasteiger partial charge on any atom is 0.344 e. The lowest BCUT2D eigenvalue weighted by Gasteiger charge is -2.13. The Morgan fingerprint density at radius 3 is 2.23 bits per heavy atom. The van der Waals surface area contributed by atoms with Crippen LogP contribution in [0.15, 0.2) is 24.3 Å². The molecule has 0 spiro atoms. The molecule has 0 fully saturated rings. The molecule has 1 aromatic carbocycles. The lowest BCUT2D eigenvalue weighted by atomic mass is 10.3. The first kappa shape index (κ1) is 17.8. The SMILES string of the molecule is CCCNC(=O)[C@H](C)OC(=O)COc1ccc(OCC)cc1. The van der Waals surface area contributed by atoms with Gasteiger partial charge in [-0.25, -0.2) is 4.79 Å². The topological polar surface area (TPSA) is 73.9 Å². The van der Waals surface area contributed by atoms with Crippen molar-refractivity contribution in [3.63, 3.8) is 0 Å². The second-order valence-electron chi connectivity index (χ2n) is 4.62. The minimum absolute atomic E-state index is 0.251. The number of rotatable bonds is 9. The van der Waals surface area contributed by atoms with Gasteiger partial charge < -0.3 is 19.5 Å². The molecule has 0 aliphatic rings. The molecule has 1 atom stereocenters. The summed E-state index contributed by atoms with van der Waals surface area (Å²) >= 11 is 0. The third-order valence-electron chi connectivity index (χ3n) is 2.72. The summed E-state index contributed by atoms with van der Waals surface area (Å²) < 4.78 is 15.6. The van der Waals surface area contributed by atoms with Crippen molar-refractivity contribution in [2.75, 3.05) is 19.8 Å². The predicted octanol–water partition coefficient (Wildman–Crippen LogP) is 1.92. The molecule has 1 aromatic rings. The molecule has 0 heterocycles. The molecule has 1 rings (SSSR count). The highest BCUT2D eigenvalue weighted by Gasteiger charge is 2.17. The van der Waals surface area contributed by atoms with Crippen molar-refractivity contribution < 1.29 is 23.8 Å². The third-order valence-corrected chi connectivity index (χ3v) is 2.72. The summed E-state index contributed by atoms with van der Waals surface area (Å²) in [4.78, 5) is 23.2. The number of amides is 1. The fraction of sp³-hybridized carbons (Fsp3) is 0.500. The van der Waals surface area contributed by atoms with E-state index in [9.17, 15) is 9.59 Å². The Hall–Kier alpha value is -2.24. The number of hydrogen-bond acceptors (Lipinski definition) is 5. The van der Waals surface area contributed by atoms with E-state index in [0.717, 1.165) is 12.2 Å². The normalized spacial score (nSPS) is 11.4. The predicted molar refractivity (Wildman–Crippen MR) is 82.0 cm³/mol. The monoisotopic (exact) mass is 309 g/mol. The molecule has 22 heavy (non-hydrogen) atoms. The van der Waals surface area contributed by atoms with Crippen LogP contribution in [0.1, 0.15) is 27.2 Å². The first-order valence-corrected chi connectivity index (χ1v) is 7.39. The maximum absolute atomic E-state index is 11.6. The van der Waals surface area contributed by atoms with Gasteiger partial charge in [0.1, 0.15) is 11.5 Å². The summed E-state index contributed by atoms with van der Waals surface area (Å²) in [6.45, 7) is 6.27. The van der Waals surface area contributed by atoms with Crippen molar-refractivity contribution in [2.24, 2.45) is 0 Å². The molecule has 0 bridgehead atoms. The number of carbonyl (C=O) groups is 2. The highest BCUT2D eigenvalue weighted by molar-refractivity contribution is 5.83. The molecule has 1 amide bonds. The summed E-state index contributed by atoms with van der Waals surface area (Å²) in [6, 6.07) is 6.92. The van der Waals surface area contributed by atoms with Crippen molar-refractivity contribution >= 4 is 11.9 Å². The molecule has 122 valence electrons. The van der Waals surface area contributed by atoms with E-state index >= 15 is 0 Å². The molecule has 1 N–H and O–H groups in total. The van der Waals surface area contributed by atoms with Crippen LogP contribution in [0.5, 0.6) is 11.5 Å². The molecule has 0 aliphatic carbocycles. The smallest absolute Gasteiger partial charge is 0.344 e. The number of ether oxygens (including phenoxy) is 3. The van der Waals surface area contributed by atoms with Gasteiger partial charge >= 0.3 is 5.97 Å². The summed E-state index contributed by atoms with van der Waals surface area (Å²) in [7, 11) is 0. The molecular weight excluding hydrogens is 286 g/mol. The first-order valence-electron chi connectivity index (χ1n) is 7.39. The summed E-state index contributed by atoms with van der Waals surface area (Å²) in [5.41, 5.74) is 0. The van der Waals surface area contributed by atoms with Gasteiger partial charge in [0.25, 0.3) is 5.91 Å². The van der Waals surface area contributed by atoms with E-state index in [4.69, 9.17) is 14.2 Å². The molecule has 6 heteroatoms. The number of hydrogen-bond donors (Lipinski definition) is 1. The minimum Gasteiger partial charge on any atom is -0.494 e. The second-order valence-corrected chi connectivity index (χ2v) is 4.62. The van der Waals surface area contributed by atoms with Crippen LogP contribution < -0.4 is 14.8 Å². The van der Waals surface area contributed by atoms with Crippen molar-refractivity contribution in [3.05, 3.63) is 24.3 Å². The maximum atomic E-state index is 11.6. The van der Waals surface area contributed by atoms with E-state index < -0.39 is 12.1 Å². The van der Waals surface area contributed by atoms with E-state index in [2.05, 4.69) is 5.32 Å². The van der Waals surface area contributed by atoms with Crippen LogP contribution in [0, 0.1) is 0 Å². The molecular formula is C16H23NO5. The van der Waals surface area contributed by atoms with E-state index in [1.807, 2.05) is 13.8 Å². The van der Waals surface area contributed by atoms with Gasteiger partial charge in [0.15, 0.2) is 12.7 Å². The van der Waals surface area contributed by atoms with E-state index in [1.165, 1.54) is 6.92 Å². The van der Waals surface area contributed by atoms with Crippen molar-refractivity contribution in [2.45, 2.75) is 33.3 Å². The van der Waals surface area contributed by atoms with Crippen molar-refractivity contribution in [3.8, 4) is 11.5 Å². The number of esters is 1. The van der Waals surface area contributed by atoms with Crippen LogP contribution in [0.4, 0.5) is 0 Å². The highest BCUT2D eigenvalue weighted by Crippen LogP contribution is 2.17. The Bertz CT molecular complexity index is 472. The van der Waals surface area contributed by atoms with Crippen molar-refractivity contribution in [1.82, 2.24) is 5.32 Å². The van der Waals surface area contributed by atoms with Crippen LogP contribution in [0.25, 0.3) is 0 Å². The minimum atomic E-state index is -0.831.